The van der Waals surface area contributed by atoms with E-state index in [1.54, 1.807) is 0 Å². The topological polar surface area (TPSA) is 52.3 Å². The number of carbonyl (C=O) groups is 1. The second-order valence-electron chi connectivity index (χ2n) is 4.15. The van der Waals surface area contributed by atoms with Gasteiger partial charge in [-0.15, -0.1) is 0 Å². The van der Waals surface area contributed by atoms with Crippen molar-refractivity contribution in [1.82, 2.24) is 0 Å². The fourth-order valence-corrected chi connectivity index (χ4v) is 2.05. The third-order valence-electron chi connectivity index (χ3n) is 2.92. The van der Waals surface area contributed by atoms with Crippen LogP contribution in [0, 0.1) is 0 Å². The SMILES string of the molecule is CCCC(N)C(=O)c1cccc2c1OCC2. The molecule has 0 saturated carbocycles. The van der Waals surface area contributed by atoms with Crippen molar-refractivity contribution < 1.29 is 9.53 Å². The van der Waals surface area contributed by atoms with Gasteiger partial charge in [0.25, 0.3) is 0 Å². The monoisotopic (exact) mass is 219 g/mol. The molecule has 3 nitrogen and oxygen atoms in total. The number of rotatable bonds is 4. The van der Waals surface area contributed by atoms with Crippen molar-refractivity contribution in [3.05, 3.63) is 29.3 Å². The highest BCUT2D eigenvalue weighted by Crippen LogP contribution is 2.30. The standard InChI is InChI=1S/C13H17NO2/c1-2-4-11(14)12(15)10-6-3-5-9-7-8-16-13(9)10/h3,5-6,11H,2,4,7-8,14H2,1H3. The zero-order valence-electron chi connectivity index (χ0n) is 9.53. The molecule has 1 unspecified atom stereocenters. The molecule has 86 valence electrons. The molecule has 3 heteroatoms. The molecule has 1 atom stereocenters. The summed E-state index contributed by atoms with van der Waals surface area (Å²) in [6.45, 7) is 2.70. The molecule has 1 aromatic carbocycles. The molecule has 0 bridgehead atoms. The highest BCUT2D eigenvalue weighted by molar-refractivity contribution is 6.02. The number of ether oxygens (including phenoxy) is 1. The fourth-order valence-electron chi connectivity index (χ4n) is 2.05. The number of nitrogens with two attached hydrogens (primary N) is 1. The molecule has 1 aliphatic rings. The largest absolute Gasteiger partial charge is 0.492 e. The summed E-state index contributed by atoms with van der Waals surface area (Å²) in [5.41, 5.74) is 7.62. The number of hydrogen-bond donors (Lipinski definition) is 1. The molecule has 1 heterocycles. The van der Waals surface area contributed by atoms with Gasteiger partial charge in [-0.1, -0.05) is 25.5 Å². The summed E-state index contributed by atoms with van der Waals surface area (Å²) in [7, 11) is 0. The van der Waals surface area contributed by atoms with E-state index in [-0.39, 0.29) is 5.78 Å². The summed E-state index contributed by atoms with van der Waals surface area (Å²) in [6, 6.07) is 5.31. The van der Waals surface area contributed by atoms with Crippen molar-refractivity contribution in [2.75, 3.05) is 6.61 Å². The normalized spacial score (nSPS) is 15.4. The molecule has 0 saturated heterocycles. The number of ketones is 1. The van der Waals surface area contributed by atoms with Crippen LogP contribution < -0.4 is 10.5 Å². The van der Waals surface area contributed by atoms with Gasteiger partial charge in [-0.3, -0.25) is 4.79 Å². The quantitative estimate of drug-likeness (QED) is 0.787. The maximum atomic E-state index is 12.1. The second kappa shape index (κ2) is 4.66. The molecular weight excluding hydrogens is 202 g/mol. The molecule has 0 radical (unpaired) electrons. The first-order valence-corrected chi connectivity index (χ1v) is 5.78. The minimum atomic E-state index is -0.402. The van der Waals surface area contributed by atoms with E-state index >= 15 is 0 Å². The predicted octanol–water partition coefficient (Wildman–Crippen LogP) is 1.93. The van der Waals surface area contributed by atoms with Crippen molar-refractivity contribution in [1.29, 1.82) is 0 Å². The van der Waals surface area contributed by atoms with E-state index in [2.05, 4.69) is 0 Å². The van der Waals surface area contributed by atoms with Gasteiger partial charge < -0.3 is 10.5 Å². The Morgan fingerprint density at radius 3 is 3.12 bits per heavy atom. The van der Waals surface area contributed by atoms with E-state index in [1.807, 2.05) is 25.1 Å². The highest BCUT2D eigenvalue weighted by Gasteiger charge is 2.23. The summed E-state index contributed by atoms with van der Waals surface area (Å²) in [4.78, 5) is 12.1. The van der Waals surface area contributed by atoms with E-state index in [0.717, 1.165) is 30.6 Å². The molecule has 0 fully saturated rings. The summed E-state index contributed by atoms with van der Waals surface area (Å²) < 4.78 is 5.50. The number of Topliss-reactive ketones (excluding diaryl/α,β-unsaturated/α-hetero) is 1. The fraction of sp³-hybridized carbons (Fsp3) is 0.462. The van der Waals surface area contributed by atoms with Gasteiger partial charge in [0, 0.05) is 6.42 Å². The average molecular weight is 219 g/mol. The van der Waals surface area contributed by atoms with Crippen LogP contribution in [0.2, 0.25) is 0 Å². The maximum absolute atomic E-state index is 12.1. The van der Waals surface area contributed by atoms with Gasteiger partial charge in [0.05, 0.1) is 18.2 Å². The molecule has 1 aromatic rings. The van der Waals surface area contributed by atoms with Gasteiger partial charge in [0.15, 0.2) is 5.78 Å². The summed E-state index contributed by atoms with van der Waals surface area (Å²) in [6.07, 6.45) is 2.53. The Kier molecular flexibility index (Phi) is 3.25. The Morgan fingerprint density at radius 1 is 1.56 bits per heavy atom. The Hall–Kier alpha value is -1.35. The van der Waals surface area contributed by atoms with E-state index in [4.69, 9.17) is 10.5 Å². The predicted molar refractivity (Wildman–Crippen MR) is 62.9 cm³/mol. The molecule has 0 aliphatic carbocycles. The third-order valence-corrected chi connectivity index (χ3v) is 2.92. The Morgan fingerprint density at radius 2 is 2.38 bits per heavy atom. The van der Waals surface area contributed by atoms with Crippen LogP contribution in [-0.2, 0) is 6.42 Å². The molecule has 2 rings (SSSR count). The number of benzene rings is 1. The van der Waals surface area contributed by atoms with Crippen LogP contribution in [0.3, 0.4) is 0 Å². The molecule has 1 aliphatic heterocycles. The summed E-state index contributed by atoms with van der Waals surface area (Å²) in [5, 5.41) is 0. The molecule has 0 spiro atoms. The number of hydrogen-bond acceptors (Lipinski definition) is 3. The van der Waals surface area contributed by atoms with Gasteiger partial charge in [-0.25, -0.2) is 0 Å². The van der Waals surface area contributed by atoms with Crippen LogP contribution >= 0.6 is 0 Å². The first-order valence-electron chi connectivity index (χ1n) is 5.78. The lowest BCUT2D eigenvalue weighted by molar-refractivity contribution is 0.0953. The van der Waals surface area contributed by atoms with Crippen molar-refractivity contribution in [2.45, 2.75) is 32.2 Å². The van der Waals surface area contributed by atoms with Crippen molar-refractivity contribution in [3.8, 4) is 5.75 Å². The second-order valence-corrected chi connectivity index (χ2v) is 4.15. The third kappa shape index (κ3) is 1.95. The molecule has 0 amide bonds. The average Bonchev–Trinajstić information content (AvgIpc) is 2.76. The lowest BCUT2D eigenvalue weighted by Crippen LogP contribution is -2.30. The molecule has 2 N–H and O–H groups in total. The number of para-hydroxylation sites is 1. The summed E-state index contributed by atoms with van der Waals surface area (Å²) >= 11 is 0. The van der Waals surface area contributed by atoms with Gasteiger partial charge >= 0.3 is 0 Å². The Balaban J connectivity index is 2.27. The minimum absolute atomic E-state index is 0.000556. The maximum Gasteiger partial charge on any atom is 0.183 e. The van der Waals surface area contributed by atoms with E-state index < -0.39 is 6.04 Å². The van der Waals surface area contributed by atoms with Crippen LogP contribution in [0.4, 0.5) is 0 Å². The van der Waals surface area contributed by atoms with Crippen LogP contribution in [0.1, 0.15) is 35.7 Å². The van der Waals surface area contributed by atoms with E-state index in [0.29, 0.717) is 12.2 Å². The van der Waals surface area contributed by atoms with Gasteiger partial charge in [0.1, 0.15) is 5.75 Å². The lowest BCUT2D eigenvalue weighted by atomic mass is 9.98. The Bertz CT molecular complexity index is 401. The number of fused-ring (bicyclic) bond motifs is 1. The van der Waals surface area contributed by atoms with Crippen molar-refractivity contribution >= 4 is 5.78 Å². The van der Waals surface area contributed by atoms with E-state index in [1.165, 1.54) is 0 Å². The highest BCUT2D eigenvalue weighted by atomic mass is 16.5. The van der Waals surface area contributed by atoms with Crippen LogP contribution in [0.15, 0.2) is 18.2 Å². The lowest BCUT2D eigenvalue weighted by Gasteiger charge is -2.11. The van der Waals surface area contributed by atoms with Crippen molar-refractivity contribution in [2.24, 2.45) is 5.73 Å². The molecule has 0 aromatic heterocycles. The smallest absolute Gasteiger partial charge is 0.183 e. The zero-order valence-corrected chi connectivity index (χ0v) is 9.53. The van der Waals surface area contributed by atoms with Gasteiger partial charge in [0.2, 0.25) is 0 Å². The van der Waals surface area contributed by atoms with Crippen LogP contribution in [0.5, 0.6) is 5.75 Å². The van der Waals surface area contributed by atoms with Crippen LogP contribution in [0.25, 0.3) is 0 Å². The molecular formula is C13H17NO2. The number of carbonyl (C=O) groups excluding carboxylic acids is 1. The zero-order chi connectivity index (χ0) is 11.5. The van der Waals surface area contributed by atoms with Crippen molar-refractivity contribution in [3.63, 3.8) is 0 Å². The first-order chi connectivity index (χ1) is 7.74. The summed E-state index contributed by atoms with van der Waals surface area (Å²) in [5.74, 6) is 0.750. The van der Waals surface area contributed by atoms with E-state index in [9.17, 15) is 4.79 Å². The first kappa shape index (κ1) is 11.1. The van der Waals surface area contributed by atoms with Gasteiger partial charge in [-0.05, 0) is 18.1 Å². The van der Waals surface area contributed by atoms with Crippen LogP contribution in [-0.4, -0.2) is 18.4 Å². The Labute approximate surface area is 95.6 Å². The minimum Gasteiger partial charge on any atom is -0.492 e. The van der Waals surface area contributed by atoms with Gasteiger partial charge in [-0.2, -0.15) is 0 Å². The molecule has 16 heavy (non-hydrogen) atoms.